The molecular formula is C26H23N5O2S. The standard InChI is InChI=1S/C26H23N5O2S/c1-15-9-10-16(2)21(13-15)28-25-30-31-24(33)20-12-11-19(14-22(20)29-26(31)34-25)23(32)27-17(3)18-7-5-4-6-8-18/h4-14,17H,1-3H3,(H,27,32)(H,28,30). The van der Waals surface area contributed by atoms with Crippen molar-refractivity contribution in [1.29, 1.82) is 0 Å². The zero-order valence-corrected chi connectivity index (χ0v) is 19.8. The van der Waals surface area contributed by atoms with Crippen molar-refractivity contribution in [3.63, 3.8) is 0 Å². The van der Waals surface area contributed by atoms with Gasteiger partial charge in [-0.3, -0.25) is 9.59 Å². The van der Waals surface area contributed by atoms with Gasteiger partial charge in [0.2, 0.25) is 10.1 Å². The molecule has 1 amide bonds. The molecule has 34 heavy (non-hydrogen) atoms. The number of aromatic nitrogens is 3. The van der Waals surface area contributed by atoms with Crippen LogP contribution in [0.1, 0.15) is 40.0 Å². The first-order valence-electron chi connectivity index (χ1n) is 10.9. The van der Waals surface area contributed by atoms with Crippen LogP contribution in [0.15, 0.2) is 71.5 Å². The third kappa shape index (κ3) is 4.15. The van der Waals surface area contributed by atoms with E-state index in [9.17, 15) is 9.59 Å². The van der Waals surface area contributed by atoms with Gasteiger partial charge >= 0.3 is 0 Å². The van der Waals surface area contributed by atoms with Crippen LogP contribution in [0.25, 0.3) is 15.9 Å². The van der Waals surface area contributed by atoms with Crippen molar-refractivity contribution in [3.05, 3.63) is 99.3 Å². The minimum atomic E-state index is -0.269. The van der Waals surface area contributed by atoms with Crippen LogP contribution in [0.2, 0.25) is 0 Å². The van der Waals surface area contributed by atoms with Crippen LogP contribution >= 0.6 is 11.3 Å². The van der Waals surface area contributed by atoms with Gasteiger partial charge in [-0.1, -0.05) is 53.8 Å². The normalized spacial score (nSPS) is 12.1. The van der Waals surface area contributed by atoms with Crippen LogP contribution in [-0.2, 0) is 0 Å². The minimum Gasteiger partial charge on any atom is -0.346 e. The Bertz CT molecular complexity index is 1590. The Kier molecular flexibility index (Phi) is 5.59. The molecule has 0 aliphatic rings. The largest absolute Gasteiger partial charge is 0.346 e. The van der Waals surface area contributed by atoms with E-state index in [0.717, 1.165) is 22.4 Å². The Morgan fingerprint density at radius 2 is 1.82 bits per heavy atom. The lowest BCUT2D eigenvalue weighted by Crippen LogP contribution is -2.26. The SMILES string of the molecule is Cc1ccc(C)c(Nc2nn3c(=O)c4ccc(C(=O)NC(C)c5ccccc5)cc4nc3s2)c1. The Balaban J connectivity index is 1.46. The molecule has 5 rings (SSSR count). The van der Waals surface area contributed by atoms with Gasteiger partial charge in [-0.2, -0.15) is 4.52 Å². The predicted molar refractivity (Wildman–Crippen MR) is 136 cm³/mol. The molecule has 2 N–H and O–H groups in total. The molecule has 2 aromatic heterocycles. The van der Waals surface area contributed by atoms with Crippen molar-refractivity contribution < 1.29 is 4.79 Å². The summed E-state index contributed by atoms with van der Waals surface area (Å²) in [5.41, 5.74) is 4.80. The van der Waals surface area contributed by atoms with E-state index in [1.54, 1.807) is 18.2 Å². The zero-order valence-electron chi connectivity index (χ0n) is 19.0. The van der Waals surface area contributed by atoms with E-state index in [0.29, 0.717) is 26.6 Å². The van der Waals surface area contributed by atoms with Crippen LogP contribution in [0.3, 0.4) is 0 Å². The fourth-order valence-electron chi connectivity index (χ4n) is 3.79. The van der Waals surface area contributed by atoms with Crippen molar-refractivity contribution in [1.82, 2.24) is 19.9 Å². The molecule has 5 aromatic rings. The first-order chi connectivity index (χ1) is 16.4. The number of hydrogen-bond donors (Lipinski definition) is 2. The third-order valence-electron chi connectivity index (χ3n) is 5.74. The fourth-order valence-corrected chi connectivity index (χ4v) is 4.60. The lowest BCUT2D eigenvalue weighted by atomic mass is 10.1. The van der Waals surface area contributed by atoms with Gasteiger partial charge in [0.1, 0.15) is 0 Å². The van der Waals surface area contributed by atoms with Gasteiger partial charge in [0, 0.05) is 11.3 Å². The van der Waals surface area contributed by atoms with Crippen molar-refractivity contribution in [3.8, 4) is 0 Å². The highest BCUT2D eigenvalue weighted by molar-refractivity contribution is 7.20. The molecular weight excluding hydrogens is 446 g/mol. The van der Waals surface area contributed by atoms with E-state index in [2.05, 4.69) is 20.7 Å². The number of fused-ring (bicyclic) bond motifs is 2. The summed E-state index contributed by atoms with van der Waals surface area (Å²) in [5.74, 6) is -0.221. The van der Waals surface area contributed by atoms with Crippen molar-refractivity contribution in [2.45, 2.75) is 26.8 Å². The van der Waals surface area contributed by atoms with E-state index in [-0.39, 0.29) is 17.5 Å². The molecule has 0 aliphatic carbocycles. The van der Waals surface area contributed by atoms with Crippen LogP contribution in [-0.4, -0.2) is 20.5 Å². The fraction of sp³-hybridized carbons (Fsp3) is 0.154. The van der Waals surface area contributed by atoms with Crippen LogP contribution in [0, 0.1) is 13.8 Å². The molecule has 0 bridgehead atoms. The first-order valence-corrected chi connectivity index (χ1v) is 11.7. The van der Waals surface area contributed by atoms with E-state index in [4.69, 9.17) is 0 Å². The summed E-state index contributed by atoms with van der Waals surface area (Å²) < 4.78 is 1.30. The number of benzene rings is 3. The van der Waals surface area contributed by atoms with Crippen molar-refractivity contribution >= 4 is 43.9 Å². The second kappa shape index (κ2) is 8.72. The average Bonchev–Trinajstić information content (AvgIpc) is 3.24. The van der Waals surface area contributed by atoms with Crippen LogP contribution in [0.4, 0.5) is 10.8 Å². The van der Waals surface area contributed by atoms with E-state index in [1.807, 2.05) is 69.3 Å². The maximum Gasteiger partial charge on any atom is 0.283 e. The van der Waals surface area contributed by atoms with E-state index in [1.165, 1.54) is 15.9 Å². The van der Waals surface area contributed by atoms with Gasteiger partial charge in [0.05, 0.1) is 16.9 Å². The first kappa shape index (κ1) is 21.8. The van der Waals surface area contributed by atoms with Gasteiger partial charge < -0.3 is 10.6 Å². The highest BCUT2D eigenvalue weighted by atomic mass is 32.1. The van der Waals surface area contributed by atoms with Crippen LogP contribution < -0.4 is 16.2 Å². The maximum absolute atomic E-state index is 13.1. The molecule has 0 spiro atoms. The molecule has 0 radical (unpaired) electrons. The van der Waals surface area contributed by atoms with Gasteiger partial charge in [0.25, 0.3) is 11.5 Å². The molecule has 8 heteroatoms. The molecule has 2 heterocycles. The molecule has 0 saturated carbocycles. The van der Waals surface area contributed by atoms with Gasteiger partial charge in [-0.05, 0) is 61.7 Å². The van der Waals surface area contributed by atoms with E-state index < -0.39 is 0 Å². The summed E-state index contributed by atoms with van der Waals surface area (Å²) in [6.45, 7) is 5.97. The van der Waals surface area contributed by atoms with E-state index >= 15 is 0 Å². The number of carbonyl (C=O) groups excluding carboxylic acids is 1. The quantitative estimate of drug-likeness (QED) is 0.371. The Morgan fingerprint density at radius 1 is 1.03 bits per heavy atom. The number of amides is 1. The Morgan fingerprint density at radius 3 is 2.62 bits per heavy atom. The van der Waals surface area contributed by atoms with Gasteiger partial charge in [-0.25, -0.2) is 4.98 Å². The molecule has 1 atom stereocenters. The summed E-state index contributed by atoms with van der Waals surface area (Å²) in [6.07, 6.45) is 0. The highest BCUT2D eigenvalue weighted by Crippen LogP contribution is 2.26. The van der Waals surface area contributed by atoms with Crippen LogP contribution in [0.5, 0.6) is 0 Å². The topological polar surface area (TPSA) is 88.4 Å². The average molecular weight is 470 g/mol. The second-order valence-corrected chi connectivity index (χ2v) is 9.26. The Labute approximate surface area is 200 Å². The van der Waals surface area contributed by atoms with Gasteiger partial charge in [-0.15, -0.1) is 5.10 Å². The second-order valence-electron chi connectivity index (χ2n) is 8.30. The lowest BCUT2D eigenvalue weighted by molar-refractivity contribution is 0.0940. The van der Waals surface area contributed by atoms with Crippen molar-refractivity contribution in [2.24, 2.45) is 0 Å². The van der Waals surface area contributed by atoms with Crippen molar-refractivity contribution in [2.75, 3.05) is 5.32 Å². The summed E-state index contributed by atoms with van der Waals surface area (Å²) in [7, 11) is 0. The molecule has 0 aliphatic heterocycles. The molecule has 0 fully saturated rings. The molecule has 0 saturated heterocycles. The number of nitrogens with zero attached hydrogens (tertiary/aromatic N) is 3. The summed E-state index contributed by atoms with van der Waals surface area (Å²) in [6, 6.07) is 20.7. The summed E-state index contributed by atoms with van der Waals surface area (Å²) >= 11 is 1.29. The maximum atomic E-state index is 13.1. The number of hydrogen-bond acceptors (Lipinski definition) is 6. The zero-order chi connectivity index (χ0) is 23.8. The molecule has 7 nitrogen and oxygen atoms in total. The molecule has 170 valence electrons. The monoisotopic (exact) mass is 469 g/mol. The number of rotatable bonds is 5. The summed E-state index contributed by atoms with van der Waals surface area (Å²) in [4.78, 5) is 31.0. The molecule has 3 aromatic carbocycles. The number of aryl methyl sites for hydroxylation is 2. The lowest BCUT2D eigenvalue weighted by Gasteiger charge is -2.14. The number of anilines is 2. The third-order valence-corrected chi connectivity index (χ3v) is 6.56. The Hall–Kier alpha value is -4.04. The number of carbonyl (C=O) groups is 1. The predicted octanol–water partition coefficient (Wildman–Crippen LogP) is 5.16. The summed E-state index contributed by atoms with van der Waals surface area (Å²) in [5, 5.41) is 11.7. The van der Waals surface area contributed by atoms with Gasteiger partial charge in [0.15, 0.2) is 0 Å². The number of nitrogens with one attached hydrogen (secondary N) is 2. The highest BCUT2D eigenvalue weighted by Gasteiger charge is 2.16. The minimum absolute atomic E-state index is 0.148. The molecule has 1 unspecified atom stereocenters. The smallest absolute Gasteiger partial charge is 0.283 e.